The predicted molar refractivity (Wildman–Crippen MR) is 154 cm³/mol. The molecule has 11 heteroatoms. The van der Waals surface area contributed by atoms with Crippen LogP contribution in [0.3, 0.4) is 0 Å². The largest absolute Gasteiger partial charge is 0.497 e. The number of rotatable bonds is 10. The summed E-state index contributed by atoms with van der Waals surface area (Å²) >= 11 is 1.22. The standard InChI is InChI=1S/C29H29N5O5S/c1-3-24(27(36)31-18-8-6-9-19(16-18)38-2)40-29-33-22-12-5-4-11-21(22)26-32-23(28(37)34(26)29)13-14-25(35)30-17-20-10-7-15-39-20/h4-12,15-16,23-24H,3,13-14,17H2,1-2H3,(H,30,35)(H,31,36)/t23-,24+/m1/s1. The first kappa shape index (κ1) is 27.2. The number of fused-ring (bicyclic) bond motifs is 3. The van der Waals surface area contributed by atoms with E-state index in [1.807, 2.05) is 31.2 Å². The molecule has 0 saturated carbocycles. The number of benzene rings is 2. The lowest BCUT2D eigenvalue weighted by Crippen LogP contribution is -2.42. The van der Waals surface area contributed by atoms with Crippen molar-refractivity contribution in [3.05, 3.63) is 78.3 Å². The van der Waals surface area contributed by atoms with Gasteiger partial charge in [0, 0.05) is 23.7 Å². The number of ether oxygens (including phenoxy) is 1. The highest BCUT2D eigenvalue weighted by Gasteiger charge is 2.42. The highest BCUT2D eigenvalue weighted by atomic mass is 32.2. The molecule has 5 rings (SSSR count). The third-order valence-corrected chi connectivity index (χ3v) is 7.80. The van der Waals surface area contributed by atoms with Crippen molar-refractivity contribution in [2.75, 3.05) is 12.4 Å². The average Bonchev–Trinajstić information content (AvgIpc) is 3.61. The van der Waals surface area contributed by atoms with Gasteiger partial charge in [0.15, 0.2) is 5.17 Å². The zero-order valence-corrected chi connectivity index (χ0v) is 22.9. The van der Waals surface area contributed by atoms with Gasteiger partial charge in [-0.1, -0.05) is 36.9 Å². The van der Waals surface area contributed by atoms with E-state index in [2.05, 4.69) is 10.6 Å². The fourth-order valence-electron chi connectivity index (χ4n) is 4.40. The van der Waals surface area contributed by atoms with E-state index >= 15 is 0 Å². The topological polar surface area (TPSA) is 126 Å². The summed E-state index contributed by atoms with van der Waals surface area (Å²) in [7, 11) is 1.57. The van der Waals surface area contributed by atoms with E-state index in [9.17, 15) is 14.4 Å². The van der Waals surface area contributed by atoms with Gasteiger partial charge < -0.3 is 19.8 Å². The van der Waals surface area contributed by atoms with E-state index in [0.717, 1.165) is 5.56 Å². The van der Waals surface area contributed by atoms with Gasteiger partial charge in [-0.3, -0.25) is 19.4 Å². The highest BCUT2D eigenvalue weighted by Crippen LogP contribution is 2.36. The Bertz CT molecular complexity index is 1470. The monoisotopic (exact) mass is 559 g/mol. The average molecular weight is 560 g/mol. The maximum absolute atomic E-state index is 13.6. The minimum atomic E-state index is -0.730. The van der Waals surface area contributed by atoms with Crippen LogP contribution < -0.4 is 15.4 Å². The lowest BCUT2D eigenvalue weighted by atomic mass is 10.1. The third kappa shape index (κ3) is 5.94. The molecule has 0 radical (unpaired) electrons. The summed E-state index contributed by atoms with van der Waals surface area (Å²) in [5.74, 6) is 1.10. The van der Waals surface area contributed by atoms with Crippen LogP contribution in [0, 0.1) is 0 Å². The molecule has 2 atom stereocenters. The van der Waals surface area contributed by atoms with Crippen molar-refractivity contribution >= 4 is 51.9 Å². The molecule has 0 spiro atoms. The molecule has 2 N–H and O–H groups in total. The van der Waals surface area contributed by atoms with Crippen molar-refractivity contribution in [2.24, 2.45) is 9.98 Å². The van der Waals surface area contributed by atoms with Gasteiger partial charge in [-0.05, 0) is 49.2 Å². The Morgan fingerprint density at radius 1 is 1.15 bits per heavy atom. The van der Waals surface area contributed by atoms with Crippen molar-refractivity contribution in [1.29, 1.82) is 0 Å². The van der Waals surface area contributed by atoms with Crippen molar-refractivity contribution in [1.82, 2.24) is 10.2 Å². The van der Waals surface area contributed by atoms with Gasteiger partial charge in [-0.2, -0.15) is 0 Å². The van der Waals surface area contributed by atoms with Crippen LogP contribution in [0.1, 0.15) is 37.5 Å². The van der Waals surface area contributed by atoms with Crippen molar-refractivity contribution in [3.8, 4) is 5.75 Å². The summed E-state index contributed by atoms with van der Waals surface area (Å²) in [4.78, 5) is 50.2. The zero-order valence-electron chi connectivity index (χ0n) is 22.1. The maximum atomic E-state index is 13.6. The van der Waals surface area contributed by atoms with Gasteiger partial charge >= 0.3 is 0 Å². The number of anilines is 1. The number of nitrogens with zero attached hydrogens (tertiary/aromatic N) is 3. The Labute approximate surface area is 235 Å². The highest BCUT2D eigenvalue weighted by molar-refractivity contribution is 8.15. The van der Waals surface area contributed by atoms with Crippen LogP contribution in [0.25, 0.3) is 0 Å². The van der Waals surface area contributed by atoms with Crippen LogP contribution in [0.5, 0.6) is 5.75 Å². The molecule has 2 aliphatic rings. The van der Waals surface area contributed by atoms with Gasteiger partial charge in [0.1, 0.15) is 23.4 Å². The number of amidine groups is 2. The number of aliphatic imine (C=N–C) groups is 2. The smallest absolute Gasteiger partial charge is 0.259 e. The number of methoxy groups -OCH3 is 1. The minimum Gasteiger partial charge on any atom is -0.497 e. The summed E-state index contributed by atoms with van der Waals surface area (Å²) in [5, 5.41) is 5.60. The predicted octanol–water partition coefficient (Wildman–Crippen LogP) is 4.49. The molecule has 0 fully saturated rings. The van der Waals surface area contributed by atoms with E-state index in [0.29, 0.717) is 40.3 Å². The summed E-state index contributed by atoms with van der Waals surface area (Å²) in [6, 6.07) is 17.4. The third-order valence-electron chi connectivity index (χ3n) is 6.48. The number of amides is 3. The van der Waals surface area contributed by atoms with Crippen LogP contribution in [-0.2, 0) is 20.9 Å². The first-order valence-corrected chi connectivity index (χ1v) is 13.8. The zero-order chi connectivity index (χ0) is 28.1. The number of carbonyl (C=O) groups excluding carboxylic acids is 3. The molecule has 40 heavy (non-hydrogen) atoms. The number of furan rings is 1. The fourth-order valence-corrected chi connectivity index (χ4v) is 5.42. The minimum absolute atomic E-state index is 0.129. The molecule has 0 bridgehead atoms. The second kappa shape index (κ2) is 12.2. The summed E-state index contributed by atoms with van der Waals surface area (Å²) in [6.07, 6.45) is 2.43. The maximum Gasteiger partial charge on any atom is 0.259 e. The summed E-state index contributed by atoms with van der Waals surface area (Å²) < 4.78 is 10.5. The summed E-state index contributed by atoms with van der Waals surface area (Å²) in [6.45, 7) is 2.19. The van der Waals surface area contributed by atoms with Crippen LogP contribution in [0.2, 0.25) is 0 Å². The quantitative estimate of drug-likeness (QED) is 0.377. The van der Waals surface area contributed by atoms with E-state index in [1.165, 1.54) is 16.7 Å². The Morgan fingerprint density at radius 3 is 2.77 bits per heavy atom. The Morgan fingerprint density at radius 2 is 2.00 bits per heavy atom. The van der Waals surface area contributed by atoms with Crippen molar-refractivity contribution in [2.45, 2.75) is 44.0 Å². The molecule has 10 nitrogen and oxygen atoms in total. The van der Waals surface area contributed by atoms with Crippen LogP contribution in [-0.4, -0.2) is 52.0 Å². The van der Waals surface area contributed by atoms with Gasteiger partial charge in [-0.15, -0.1) is 0 Å². The Hall–Kier alpha value is -4.38. The van der Waals surface area contributed by atoms with Crippen LogP contribution >= 0.6 is 11.8 Å². The Balaban J connectivity index is 1.30. The number of hydrogen-bond acceptors (Lipinski definition) is 8. The van der Waals surface area contributed by atoms with Crippen LogP contribution in [0.4, 0.5) is 11.4 Å². The number of carbonyl (C=O) groups is 3. The SMILES string of the molecule is CC[C@H](SC1=Nc2ccccc2C2=N[C@H](CCC(=O)NCc3ccco3)C(=O)N12)C(=O)Nc1cccc(OC)c1. The molecule has 2 aromatic carbocycles. The number of para-hydroxylation sites is 1. The lowest BCUT2D eigenvalue weighted by Gasteiger charge is -2.27. The molecule has 0 unspecified atom stereocenters. The second-order valence-corrected chi connectivity index (χ2v) is 10.4. The molecule has 3 amide bonds. The molecule has 0 saturated heterocycles. The second-order valence-electron chi connectivity index (χ2n) is 9.18. The van der Waals surface area contributed by atoms with E-state index in [-0.39, 0.29) is 37.1 Å². The lowest BCUT2D eigenvalue weighted by molar-refractivity contribution is -0.125. The van der Waals surface area contributed by atoms with Gasteiger partial charge in [0.05, 0.1) is 30.9 Å². The normalized spacial score (nSPS) is 16.4. The molecule has 3 heterocycles. The molecule has 2 aliphatic heterocycles. The molecule has 206 valence electrons. The van der Waals surface area contributed by atoms with E-state index in [4.69, 9.17) is 19.1 Å². The van der Waals surface area contributed by atoms with Gasteiger partial charge in [-0.25, -0.2) is 9.89 Å². The number of hydrogen-bond donors (Lipinski definition) is 2. The van der Waals surface area contributed by atoms with Gasteiger partial charge in [0.25, 0.3) is 5.91 Å². The van der Waals surface area contributed by atoms with Gasteiger partial charge in [0.2, 0.25) is 11.8 Å². The molecule has 3 aromatic rings. The molecule has 0 aliphatic carbocycles. The first-order valence-electron chi connectivity index (χ1n) is 13.0. The first-order chi connectivity index (χ1) is 19.5. The number of nitrogens with one attached hydrogen (secondary N) is 2. The van der Waals surface area contributed by atoms with Crippen LogP contribution in [0.15, 0.2) is 81.3 Å². The summed E-state index contributed by atoms with van der Waals surface area (Å²) in [5.41, 5.74) is 2.02. The van der Waals surface area contributed by atoms with E-state index < -0.39 is 11.3 Å². The number of thioether (sulfide) groups is 1. The van der Waals surface area contributed by atoms with Crippen molar-refractivity contribution < 1.29 is 23.5 Å². The molecular formula is C29H29N5O5S. The fraction of sp³-hybridized carbons (Fsp3) is 0.276. The molecule has 1 aromatic heterocycles. The Kier molecular flexibility index (Phi) is 8.30. The molecular weight excluding hydrogens is 530 g/mol. The van der Waals surface area contributed by atoms with Crippen molar-refractivity contribution in [3.63, 3.8) is 0 Å². The van der Waals surface area contributed by atoms with E-state index in [1.54, 1.807) is 49.8 Å².